The minimum Gasteiger partial charge on any atom is -0.394 e. The molecule has 0 radical (unpaired) electrons. The normalized spacial score (nSPS) is 14.0. The molecule has 0 aromatic heterocycles. The van der Waals surface area contributed by atoms with Crippen molar-refractivity contribution in [1.82, 2.24) is 0 Å². The van der Waals surface area contributed by atoms with Crippen LogP contribution < -0.4 is 0 Å². The summed E-state index contributed by atoms with van der Waals surface area (Å²) in [4.78, 5) is 0. The van der Waals surface area contributed by atoms with Crippen LogP contribution in [0, 0.1) is 0 Å². The fraction of sp³-hybridized carbons (Fsp3) is 0.250. The molecule has 0 fully saturated rings. The fourth-order valence-corrected chi connectivity index (χ4v) is 1.93. The topological polar surface area (TPSA) is 49.7 Å². The van der Waals surface area contributed by atoms with Gasteiger partial charge < -0.3 is 14.9 Å². The molecule has 0 amide bonds. The van der Waals surface area contributed by atoms with Gasteiger partial charge in [-0.2, -0.15) is 0 Å². The van der Waals surface area contributed by atoms with Crippen molar-refractivity contribution in [1.29, 1.82) is 0 Å². The lowest BCUT2D eigenvalue weighted by molar-refractivity contribution is -0.0672. The molecule has 19 heavy (non-hydrogen) atoms. The van der Waals surface area contributed by atoms with Crippen LogP contribution in [0.4, 0.5) is 0 Å². The maximum absolute atomic E-state index is 9.87. The first-order valence-corrected chi connectivity index (χ1v) is 6.30. The second kappa shape index (κ2) is 7.04. The molecule has 0 aliphatic heterocycles. The summed E-state index contributed by atoms with van der Waals surface area (Å²) in [6.45, 7) is 0.0752. The molecular weight excluding hydrogens is 240 g/mol. The quantitative estimate of drug-likeness (QED) is 0.836. The monoisotopic (exact) mass is 258 g/mol. The summed E-state index contributed by atoms with van der Waals surface area (Å²) in [7, 11) is 0. The van der Waals surface area contributed by atoms with Crippen molar-refractivity contribution in [3.63, 3.8) is 0 Å². The van der Waals surface area contributed by atoms with Crippen LogP contribution in [-0.2, 0) is 11.3 Å². The molecule has 3 nitrogen and oxygen atoms in total. The SMILES string of the molecule is OC[C@H](O)[C@@H](OCc1ccccc1)c1ccccc1. The minimum absolute atomic E-state index is 0.325. The Balaban J connectivity index is 2.07. The zero-order chi connectivity index (χ0) is 13.5. The first kappa shape index (κ1) is 13.7. The van der Waals surface area contributed by atoms with Gasteiger partial charge in [0.15, 0.2) is 0 Å². The van der Waals surface area contributed by atoms with Crippen LogP contribution in [0.1, 0.15) is 17.2 Å². The maximum atomic E-state index is 9.87. The van der Waals surface area contributed by atoms with Gasteiger partial charge in [-0.15, -0.1) is 0 Å². The Morgan fingerprint density at radius 1 is 0.895 bits per heavy atom. The molecule has 0 bridgehead atoms. The molecular formula is C16H18O3. The molecule has 0 heterocycles. The summed E-state index contributed by atoms with van der Waals surface area (Å²) >= 11 is 0. The smallest absolute Gasteiger partial charge is 0.111 e. The van der Waals surface area contributed by atoms with E-state index in [9.17, 15) is 5.11 Å². The van der Waals surface area contributed by atoms with Gasteiger partial charge in [0.05, 0.1) is 13.2 Å². The third kappa shape index (κ3) is 3.89. The Labute approximate surface area is 113 Å². The third-order valence-corrected chi connectivity index (χ3v) is 2.94. The molecule has 0 saturated heterocycles. The van der Waals surface area contributed by atoms with Crippen molar-refractivity contribution in [2.75, 3.05) is 6.61 Å². The van der Waals surface area contributed by atoms with Gasteiger partial charge in [-0.05, 0) is 11.1 Å². The van der Waals surface area contributed by atoms with Crippen LogP contribution in [0.25, 0.3) is 0 Å². The second-order valence-corrected chi connectivity index (χ2v) is 4.38. The third-order valence-electron chi connectivity index (χ3n) is 2.94. The molecule has 2 N–H and O–H groups in total. The molecule has 0 unspecified atom stereocenters. The summed E-state index contributed by atoms with van der Waals surface area (Å²) in [5.41, 5.74) is 1.90. The summed E-state index contributed by atoms with van der Waals surface area (Å²) in [5.74, 6) is 0. The van der Waals surface area contributed by atoms with Crippen LogP contribution in [0.15, 0.2) is 60.7 Å². The fourth-order valence-electron chi connectivity index (χ4n) is 1.93. The molecule has 0 aliphatic carbocycles. The Morgan fingerprint density at radius 3 is 2.05 bits per heavy atom. The van der Waals surface area contributed by atoms with Crippen molar-refractivity contribution in [3.05, 3.63) is 71.8 Å². The van der Waals surface area contributed by atoms with E-state index >= 15 is 0 Å². The van der Waals surface area contributed by atoms with Crippen molar-refractivity contribution < 1.29 is 14.9 Å². The Hall–Kier alpha value is -1.68. The number of aliphatic hydroxyl groups excluding tert-OH is 2. The Bertz CT molecular complexity index is 470. The van der Waals surface area contributed by atoms with Gasteiger partial charge in [-0.25, -0.2) is 0 Å². The van der Waals surface area contributed by atoms with E-state index in [1.807, 2.05) is 60.7 Å². The van der Waals surface area contributed by atoms with Gasteiger partial charge in [-0.3, -0.25) is 0 Å². The highest BCUT2D eigenvalue weighted by Gasteiger charge is 2.21. The summed E-state index contributed by atoms with van der Waals surface area (Å²) in [6, 6.07) is 19.2. The van der Waals surface area contributed by atoms with E-state index in [1.165, 1.54) is 0 Å². The molecule has 0 aliphatic rings. The van der Waals surface area contributed by atoms with Gasteiger partial charge in [0, 0.05) is 0 Å². The van der Waals surface area contributed by atoms with Gasteiger partial charge in [0.2, 0.25) is 0 Å². The number of rotatable bonds is 6. The average Bonchev–Trinajstić information content (AvgIpc) is 2.49. The second-order valence-electron chi connectivity index (χ2n) is 4.38. The van der Waals surface area contributed by atoms with E-state index in [4.69, 9.17) is 9.84 Å². The van der Waals surface area contributed by atoms with Crippen LogP contribution in [0.5, 0.6) is 0 Å². The largest absolute Gasteiger partial charge is 0.394 e. The van der Waals surface area contributed by atoms with Gasteiger partial charge >= 0.3 is 0 Å². The molecule has 0 spiro atoms. The molecule has 3 heteroatoms. The summed E-state index contributed by atoms with van der Waals surface area (Å²) in [6.07, 6.45) is -1.45. The minimum atomic E-state index is -0.925. The summed E-state index contributed by atoms with van der Waals surface area (Å²) in [5, 5.41) is 19.0. The number of hydrogen-bond donors (Lipinski definition) is 2. The van der Waals surface area contributed by atoms with Crippen molar-refractivity contribution in [2.45, 2.75) is 18.8 Å². The first-order valence-electron chi connectivity index (χ1n) is 6.30. The van der Waals surface area contributed by atoms with Crippen molar-refractivity contribution >= 4 is 0 Å². The lowest BCUT2D eigenvalue weighted by Gasteiger charge is -2.22. The average molecular weight is 258 g/mol. The molecule has 100 valence electrons. The van der Waals surface area contributed by atoms with Crippen LogP contribution >= 0.6 is 0 Å². The predicted molar refractivity (Wildman–Crippen MR) is 73.5 cm³/mol. The van der Waals surface area contributed by atoms with E-state index in [2.05, 4.69) is 0 Å². The number of ether oxygens (including phenoxy) is 1. The van der Waals surface area contributed by atoms with E-state index in [0.29, 0.717) is 6.61 Å². The molecule has 2 aromatic rings. The van der Waals surface area contributed by atoms with E-state index in [0.717, 1.165) is 11.1 Å². The number of benzene rings is 2. The van der Waals surface area contributed by atoms with Gasteiger partial charge in [0.25, 0.3) is 0 Å². The van der Waals surface area contributed by atoms with Gasteiger partial charge in [0.1, 0.15) is 12.2 Å². The Kier molecular flexibility index (Phi) is 5.10. The van der Waals surface area contributed by atoms with Crippen LogP contribution in [0.2, 0.25) is 0 Å². The number of hydrogen-bond acceptors (Lipinski definition) is 3. The highest BCUT2D eigenvalue weighted by molar-refractivity contribution is 5.19. The Morgan fingerprint density at radius 2 is 1.47 bits per heavy atom. The van der Waals surface area contributed by atoms with Crippen molar-refractivity contribution in [3.8, 4) is 0 Å². The molecule has 2 aromatic carbocycles. The van der Waals surface area contributed by atoms with Crippen LogP contribution in [-0.4, -0.2) is 22.9 Å². The number of aliphatic hydroxyl groups is 2. The first-order chi connectivity index (χ1) is 9.31. The van der Waals surface area contributed by atoms with E-state index in [1.54, 1.807) is 0 Å². The van der Waals surface area contributed by atoms with Crippen molar-refractivity contribution in [2.24, 2.45) is 0 Å². The predicted octanol–water partition coefficient (Wildman–Crippen LogP) is 2.30. The van der Waals surface area contributed by atoms with Gasteiger partial charge in [-0.1, -0.05) is 60.7 Å². The van der Waals surface area contributed by atoms with Crippen LogP contribution in [0.3, 0.4) is 0 Å². The molecule has 2 atom stereocenters. The molecule has 0 saturated carbocycles. The highest BCUT2D eigenvalue weighted by atomic mass is 16.5. The van der Waals surface area contributed by atoms with E-state index < -0.39 is 12.2 Å². The summed E-state index contributed by atoms with van der Waals surface area (Å²) < 4.78 is 5.76. The standard InChI is InChI=1S/C16H18O3/c17-11-15(18)16(14-9-5-2-6-10-14)19-12-13-7-3-1-4-8-13/h1-10,15-18H,11-12H2/t15-,16-/m0/s1. The maximum Gasteiger partial charge on any atom is 0.111 e. The lowest BCUT2D eigenvalue weighted by Crippen LogP contribution is -2.24. The lowest BCUT2D eigenvalue weighted by atomic mass is 10.0. The molecule has 2 rings (SSSR count). The zero-order valence-corrected chi connectivity index (χ0v) is 10.6. The zero-order valence-electron chi connectivity index (χ0n) is 10.6. The highest BCUT2D eigenvalue weighted by Crippen LogP contribution is 2.22. The van der Waals surface area contributed by atoms with E-state index in [-0.39, 0.29) is 6.61 Å².